The molecule has 5 atom stereocenters. The zero-order valence-corrected chi connectivity index (χ0v) is 31.9. The summed E-state index contributed by atoms with van der Waals surface area (Å²) in [5.41, 5.74) is 2.92. The quantitative estimate of drug-likeness (QED) is 0.102. The largest absolute Gasteiger partial charge is 0.492 e. The van der Waals surface area contributed by atoms with E-state index in [1.54, 1.807) is 23.6 Å². The Morgan fingerprint density at radius 1 is 1.00 bits per heavy atom. The number of carbonyl (C=O) groups is 3. The molecule has 16 heteroatoms. The van der Waals surface area contributed by atoms with Crippen molar-refractivity contribution in [2.45, 2.75) is 84.3 Å². The first-order valence-electron chi connectivity index (χ1n) is 18.5. The van der Waals surface area contributed by atoms with Crippen LogP contribution in [0.25, 0.3) is 0 Å². The van der Waals surface area contributed by atoms with Gasteiger partial charge in [-0.3, -0.25) is 14.7 Å². The van der Waals surface area contributed by atoms with Gasteiger partial charge in [0.1, 0.15) is 48.8 Å². The summed E-state index contributed by atoms with van der Waals surface area (Å²) in [5.74, 6) is 0.0282. The predicted molar refractivity (Wildman–Crippen MR) is 198 cm³/mol. The maximum absolute atomic E-state index is 13.4. The molecule has 3 aromatic rings. The monoisotopic (exact) mass is 767 g/mol. The molecule has 0 bridgehead atoms. The van der Waals surface area contributed by atoms with Crippen LogP contribution in [0.2, 0.25) is 0 Å². The van der Waals surface area contributed by atoms with Gasteiger partial charge >= 0.3 is 6.09 Å². The van der Waals surface area contributed by atoms with Crippen molar-refractivity contribution in [2.24, 2.45) is 5.41 Å². The van der Waals surface area contributed by atoms with Crippen LogP contribution >= 0.6 is 0 Å². The van der Waals surface area contributed by atoms with Gasteiger partial charge in [0, 0.05) is 43.9 Å². The average Bonchev–Trinajstić information content (AvgIpc) is 3.58. The third-order valence-corrected chi connectivity index (χ3v) is 9.98. The van der Waals surface area contributed by atoms with Crippen molar-refractivity contribution in [2.75, 3.05) is 45.9 Å². The second-order valence-corrected chi connectivity index (χ2v) is 14.7. The third-order valence-electron chi connectivity index (χ3n) is 9.98. The van der Waals surface area contributed by atoms with Crippen molar-refractivity contribution in [3.05, 3.63) is 76.5 Å². The van der Waals surface area contributed by atoms with E-state index < -0.39 is 54.7 Å². The summed E-state index contributed by atoms with van der Waals surface area (Å²) >= 11 is 0. The Kier molecular flexibility index (Phi) is 13.8. The molecule has 55 heavy (non-hydrogen) atoms. The van der Waals surface area contributed by atoms with Crippen molar-refractivity contribution >= 4 is 17.9 Å². The van der Waals surface area contributed by atoms with Gasteiger partial charge in [-0.25, -0.2) is 4.79 Å². The number of hydrogen-bond donors (Lipinski definition) is 6. The Morgan fingerprint density at radius 3 is 2.35 bits per heavy atom. The van der Waals surface area contributed by atoms with E-state index in [0.717, 1.165) is 22.4 Å². The molecule has 5 rings (SSSR count). The molecule has 2 aliphatic heterocycles. The molecule has 0 unspecified atom stereocenters. The number of aryl methyl sites for hydroxylation is 1. The molecule has 3 amide bonds. The second kappa shape index (κ2) is 18.3. The first-order chi connectivity index (χ1) is 26.2. The summed E-state index contributed by atoms with van der Waals surface area (Å²) in [7, 11) is 0. The van der Waals surface area contributed by atoms with Crippen LogP contribution < -0.4 is 14.8 Å². The Morgan fingerprint density at radius 2 is 1.69 bits per heavy atom. The van der Waals surface area contributed by atoms with Crippen LogP contribution in [-0.4, -0.2) is 135 Å². The summed E-state index contributed by atoms with van der Waals surface area (Å²) < 4.78 is 22.8. The van der Waals surface area contributed by atoms with E-state index in [-0.39, 0.29) is 37.5 Å². The van der Waals surface area contributed by atoms with E-state index in [1.807, 2.05) is 69.3 Å². The number of ether oxygens (including phenoxy) is 4. The van der Waals surface area contributed by atoms with Crippen LogP contribution in [0.1, 0.15) is 61.6 Å². The van der Waals surface area contributed by atoms with Crippen LogP contribution in [0.4, 0.5) is 4.79 Å². The number of benzene rings is 2. The smallest absolute Gasteiger partial charge is 0.410 e. The topological polar surface area (TPSA) is 216 Å². The number of rotatable bonds is 14. The molecular weight excluding hydrogens is 714 g/mol. The van der Waals surface area contributed by atoms with Crippen molar-refractivity contribution in [3.8, 4) is 11.6 Å². The minimum Gasteiger partial charge on any atom is -0.492 e. The number of carbonyl (C=O) groups excluding carboxylic acids is 3. The number of aromatic nitrogens is 2. The van der Waals surface area contributed by atoms with Crippen molar-refractivity contribution in [1.82, 2.24) is 25.3 Å². The first-order valence-corrected chi connectivity index (χ1v) is 18.5. The number of H-pyrrole nitrogens is 1. The Hall–Kier alpha value is -4.74. The molecule has 0 spiro atoms. The molecule has 1 aromatic heterocycles. The summed E-state index contributed by atoms with van der Waals surface area (Å²) in [6.07, 6.45) is -7.21. The average molecular weight is 768 g/mol. The van der Waals surface area contributed by atoms with Crippen molar-refractivity contribution in [3.63, 3.8) is 0 Å². The van der Waals surface area contributed by atoms with Gasteiger partial charge in [0.15, 0.2) is 0 Å². The molecule has 0 saturated carbocycles. The lowest BCUT2D eigenvalue weighted by Gasteiger charge is -2.39. The lowest BCUT2D eigenvalue weighted by Crippen LogP contribution is -2.60. The minimum atomic E-state index is -1.59. The molecule has 6 N–H and O–H groups in total. The molecule has 2 fully saturated rings. The SMILES string of the molecule is Cc1cc(OCCNC(=O)C(C)(C)C(=O)N2CCN(C(=O)OCc3ccccc3)CC2)ccc1Cc1c(O[C@@H]2O[C@H](CO)[C@H](O)[C@H](O)[C@H]2O)n[nH]c1C(C)C. The van der Waals surface area contributed by atoms with Crippen LogP contribution in [-0.2, 0) is 32.1 Å². The fourth-order valence-electron chi connectivity index (χ4n) is 6.48. The molecule has 3 heterocycles. The number of nitrogens with one attached hydrogen (secondary N) is 2. The fraction of sp³-hybridized carbons (Fsp3) is 0.538. The first kappa shape index (κ1) is 41.4. The van der Waals surface area contributed by atoms with Crippen LogP contribution in [0, 0.1) is 12.3 Å². The standard InChI is InChI=1S/C39H53N5O11/c1-23(2)30-28(34(42-41-30)55-35-33(48)32(47)31(46)29(21-45)54-35)20-26-11-12-27(19-24(26)3)52-18-13-40-36(49)39(4,5)37(50)43-14-16-44(17-15-43)38(51)53-22-25-9-7-6-8-10-25/h6-12,19,23,29,31-33,35,45-48H,13-18,20-22H2,1-5H3,(H,40,49)(H,41,42)/t29-,31+,32+,33-,35+/m1/s1. The van der Waals surface area contributed by atoms with Gasteiger partial charge in [-0.2, -0.15) is 0 Å². The highest BCUT2D eigenvalue weighted by Crippen LogP contribution is 2.32. The van der Waals surface area contributed by atoms with Crippen LogP contribution in [0.3, 0.4) is 0 Å². The molecular formula is C39H53N5O11. The van der Waals surface area contributed by atoms with Gasteiger partial charge in [0.25, 0.3) is 0 Å². The molecule has 2 aliphatic rings. The van der Waals surface area contributed by atoms with E-state index in [2.05, 4.69) is 15.5 Å². The lowest BCUT2D eigenvalue weighted by molar-refractivity contribution is -0.278. The lowest BCUT2D eigenvalue weighted by atomic mass is 9.90. The van der Waals surface area contributed by atoms with Gasteiger partial charge < -0.3 is 54.5 Å². The summed E-state index contributed by atoms with van der Waals surface area (Å²) in [6, 6.07) is 15.0. The number of aliphatic hydroxyl groups is 4. The number of piperazine rings is 1. The fourth-order valence-corrected chi connectivity index (χ4v) is 6.48. The minimum absolute atomic E-state index is 0.0411. The van der Waals surface area contributed by atoms with Crippen LogP contribution in [0.15, 0.2) is 48.5 Å². The highest BCUT2D eigenvalue weighted by atomic mass is 16.7. The van der Waals surface area contributed by atoms with Crippen molar-refractivity contribution < 1.29 is 53.8 Å². The molecule has 2 saturated heterocycles. The number of aliphatic hydroxyl groups excluding tert-OH is 4. The van der Waals surface area contributed by atoms with E-state index in [9.17, 15) is 34.8 Å². The van der Waals surface area contributed by atoms with Gasteiger partial charge in [-0.05, 0) is 55.5 Å². The molecule has 0 aliphatic carbocycles. The normalized spacial score (nSPS) is 21.7. The predicted octanol–water partition coefficient (Wildman–Crippen LogP) is 1.61. The third kappa shape index (κ3) is 9.93. The van der Waals surface area contributed by atoms with E-state index in [1.165, 1.54) is 0 Å². The maximum atomic E-state index is 13.4. The van der Waals surface area contributed by atoms with Crippen LogP contribution in [0.5, 0.6) is 11.6 Å². The highest BCUT2D eigenvalue weighted by Gasteiger charge is 2.45. The van der Waals surface area contributed by atoms with E-state index >= 15 is 0 Å². The number of aromatic amines is 1. The Bertz CT molecular complexity index is 1760. The summed E-state index contributed by atoms with van der Waals surface area (Å²) in [4.78, 5) is 42.2. The van der Waals surface area contributed by atoms with E-state index in [0.29, 0.717) is 43.9 Å². The number of nitrogens with zero attached hydrogens (tertiary/aromatic N) is 3. The number of amides is 3. The zero-order valence-electron chi connectivity index (χ0n) is 31.9. The second-order valence-electron chi connectivity index (χ2n) is 14.7. The summed E-state index contributed by atoms with van der Waals surface area (Å²) in [6.45, 7) is 10.2. The van der Waals surface area contributed by atoms with Gasteiger partial charge in [-0.1, -0.05) is 50.2 Å². The Labute approximate surface area is 320 Å². The highest BCUT2D eigenvalue weighted by molar-refractivity contribution is 6.04. The molecule has 300 valence electrons. The molecule has 2 aromatic carbocycles. The molecule has 16 nitrogen and oxygen atoms in total. The zero-order chi connectivity index (χ0) is 39.9. The van der Waals surface area contributed by atoms with Gasteiger partial charge in [-0.15, -0.1) is 5.10 Å². The number of hydrogen-bond acceptors (Lipinski definition) is 12. The summed E-state index contributed by atoms with van der Waals surface area (Å²) in [5, 5.41) is 50.5. The molecule has 0 radical (unpaired) electrons. The van der Waals surface area contributed by atoms with Gasteiger partial charge in [0.05, 0.1) is 13.2 Å². The Balaban J connectivity index is 1.09. The van der Waals surface area contributed by atoms with Crippen molar-refractivity contribution in [1.29, 1.82) is 0 Å². The maximum Gasteiger partial charge on any atom is 0.410 e. The van der Waals surface area contributed by atoms with E-state index in [4.69, 9.17) is 18.9 Å². The van der Waals surface area contributed by atoms with Gasteiger partial charge in [0.2, 0.25) is 24.0 Å².